The molecule has 0 spiro atoms. The van der Waals surface area contributed by atoms with Gasteiger partial charge in [-0.2, -0.15) is 0 Å². The fourth-order valence-electron chi connectivity index (χ4n) is 3.43. The van der Waals surface area contributed by atoms with Gasteiger partial charge >= 0.3 is 0 Å². The van der Waals surface area contributed by atoms with E-state index in [9.17, 15) is 4.79 Å². The number of aromatic nitrogens is 2. The van der Waals surface area contributed by atoms with Crippen molar-refractivity contribution in [3.05, 3.63) is 53.9 Å². The summed E-state index contributed by atoms with van der Waals surface area (Å²) in [5, 5.41) is 3.78. The average Bonchev–Trinajstić information content (AvgIpc) is 3.20. The van der Waals surface area contributed by atoms with Crippen LogP contribution in [0.4, 0.5) is 5.82 Å². The number of hydrogen-bond acceptors (Lipinski definition) is 5. The van der Waals surface area contributed by atoms with Crippen LogP contribution in [0.5, 0.6) is 0 Å². The molecule has 1 atom stereocenters. The van der Waals surface area contributed by atoms with Crippen LogP contribution in [0.1, 0.15) is 28.8 Å². The number of aryl methyl sites for hydroxylation is 1. The first kappa shape index (κ1) is 17.4. The Bertz CT molecular complexity index is 997. The molecule has 27 heavy (non-hydrogen) atoms. The summed E-state index contributed by atoms with van der Waals surface area (Å²) in [5.41, 5.74) is 10.5. The molecule has 1 saturated heterocycles. The van der Waals surface area contributed by atoms with Crippen molar-refractivity contribution in [2.24, 2.45) is 0 Å². The fourth-order valence-corrected chi connectivity index (χ4v) is 3.43. The lowest BCUT2D eigenvalue weighted by Gasteiger charge is -2.13. The number of ether oxygens (including phenoxy) is 1. The lowest BCUT2D eigenvalue weighted by Crippen LogP contribution is -2.31. The molecular formula is C21H22N4O2. The van der Waals surface area contributed by atoms with Crippen LogP contribution >= 0.6 is 0 Å². The van der Waals surface area contributed by atoms with Gasteiger partial charge in [0.25, 0.3) is 5.91 Å². The molecule has 2 aromatic carbocycles. The number of carbonyl (C=O) groups is 1. The number of fused-ring (bicyclic) bond motifs is 1. The molecule has 2 heterocycles. The molecule has 6 heteroatoms. The van der Waals surface area contributed by atoms with E-state index in [1.165, 1.54) is 6.33 Å². The van der Waals surface area contributed by atoms with E-state index in [0.29, 0.717) is 17.9 Å². The lowest BCUT2D eigenvalue weighted by atomic mass is 9.96. The molecule has 1 aliphatic rings. The number of nitrogens with two attached hydrogens (primary N) is 1. The number of amides is 1. The number of nitrogens with zero attached hydrogens (tertiary/aromatic N) is 2. The first-order valence-electron chi connectivity index (χ1n) is 9.13. The highest BCUT2D eigenvalue weighted by Gasteiger charge is 2.17. The molecule has 138 valence electrons. The summed E-state index contributed by atoms with van der Waals surface area (Å²) in [5.74, 6) is 0.361. The molecule has 3 aromatic rings. The Kier molecular flexibility index (Phi) is 4.73. The number of benzene rings is 2. The maximum atomic E-state index is 12.6. The summed E-state index contributed by atoms with van der Waals surface area (Å²) in [7, 11) is 0. The zero-order valence-corrected chi connectivity index (χ0v) is 15.2. The van der Waals surface area contributed by atoms with Crippen molar-refractivity contribution in [1.82, 2.24) is 15.3 Å². The quantitative estimate of drug-likeness (QED) is 0.744. The second-order valence-corrected chi connectivity index (χ2v) is 6.87. The predicted octanol–water partition coefficient (Wildman–Crippen LogP) is 3.10. The SMILES string of the molecule is Cc1ccc(C(=O)NC[C@@H]2CCCO2)cc1-c1ccc2ncnc(N)c2c1. The first-order valence-corrected chi connectivity index (χ1v) is 9.13. The molecule has 1 fully saturated rings. The van der Waals surface area contributed by atoms with Crippen LogP contribution in [0.2, 0.25) is 0 Å². The fraction of sp³-hybridized carbons (Fsp3) is 0.286. The normalized spacial score (nSPS) is 16.6. The van der Waals surface area contributed by atoms with E-state index in [4.69, 9.17) is 10.5 Å². The number of hydrogen-bond donors (Lipinski definition) is 2. The van der Waals surface area contributed by atoms with Crippen molar-refractivity contribution >= 4 is 22.6 Å². The van der Waals surface area contributed by atoms with Gasteiger partial charge in [-0.25, -0.2) is 9.97 Å². The molecule has 1 amide bonds. The largest absolute Gasteiger partial charge is 0.383 e. The van der Waals surface area contributed by atoms with Crippen LogP contribution < -0.4 is 11.1 Å². The summed E-state index contributed by atoms with van der Waals surface area (Å²) in [4.78, 5) is 20.9. The van der Waals surface area contributed by atoms with Gasteiger partial charge in [0.15, 0.2) is 0 Å². The maximum Gasteiger partial charge on any atom is 0.251 e. The second kappa shape index (κ2) is 7.32. The Morgan fingerprint density at radius 3 is 2.96 bits per heavy atom. The van der Waals surface area contributed by atoms with Gasteiger partial charge in [-0.3, -0.25) is 4.79 Å². The van der Waals surface area contributed by atoms with E-state index in [0.717, 1.165) is 47.0 Å². The Morgan fingerprint density at radius 1 is 1.26 bits per heavy atom. The number of nitrogen functional groups attached to an aromatic ring is 1. The average molecular weight is 362 g/mol. The molecule has 0 saturated carbocycles. The van der Waals surface area contributed by atoms with Gasteiger partial charge in [0.2, 0.25) is 0 Å². The van der Waals surface area contributed by atoms with Crippen LogP contribution in [0, 0.1) is 6.92 Å². The molecule has 3 N–H and O–H groups in total. The number of nitrogens with one attached hydrogen (secondary N) is 1. The molecule has 0 aliphatic carbocycles. The van der Waals surface area contributed by atoms with Gasteiger partial charge in [-0.1, -0.05) is 12.1 Å². The number of rotatable bonds is 4. The Labute approximate surface area is 157 Å². The zero-order chi connectivity index (χ0) is 18.8. The van der Waals surface area contributed by atoms with Crippen molar-refractivity contribution in [2.75, 3.05) is 18.9 Å². The lowest BCUT2D eigenvalue weighted by molar-refractivity contribution is 0.0858. The summed E-state index contributed by atoms with van der Waals surface area (Å²) in [6.45, 7) is 3.36. The minimum Gasteiger partial charge on any atom is -0.383 e. The zero-order valence-electron chi connectivity index (χ0n) is 15.2. The molecule has 0 unspecified atom stereocenters. The minimum atomic E-state index is -0.0876. The van der Waals surface area contributed by atoms with Gasteiger partial charge in [0.05, 0.1) is 11.6 Å². The maximum absolute atomic E-state index is 12.6. The molecule has 1 aromatic heterocycles. The smallest absolute Gasteiger partial charge is 0.251 e. The molecule has 0 radical (unpaired) electrons. The van der Waals surface area contributed by atoms with E-state index in [1.54, 1.807) is 0 Å². The van der Waals surface area contributed by atoms with Crippen LogP contribution in [0.15, 0.2) is 42.7 Å². The highest BCUT2D eigenvalue weighted by molar-refractivity contribution is 5.97. The topological polar surface area (TPSA) is 90.1 Å². The third-order valence-corrected chi connectivity index (χ3v) is 4.99. The van der Waals surface area contributed by atoms with Crippen molar-refractivity contribution < 1.29 is 9.53 Å². The summed E-state index contributed by atoms with van der Waals surface area (Å²) in [6, 6.07) is 11.6. The molecular weight excluding hydrogens is 340 g/mol. The van der Waals surface area contributed by atoms with E-state index in [1.807, 2.05) is 43.3 Å². The number of carbonyl (C=O) groups excluding carboxylic acids is 1. The van der Waals surface area contributed by atoms with Crippen LogP contribution in [0.25, 0.3) is 22.0 Å². The summed E-state index contributed by atoms with van der Waals surface area (Å²) in [6.07, 6.45) is 3.65. The van der Waals surface area contributed by atoms with Crippen LogP contribution in [-0.2, 0) is 4.74 Å². The Balaban J connectivity index is 1.62. The van der Waals surface area contributed by atoms with Gasteiger partial charge < -0.3 is 15.8 Å². The van der Waals surface area contributed by atoms with Gasteiger partial charge in [-0.15, -0.1) is 0 Å². The molecule has 6 nitrogen and oxygen atoms in total. The highest BCUT2D eigenvalue weighted by Crippen LogP contribution is 2.29. The van der Waals surface area contributed by atoms with E-state index < -0.39 is 0 Å². The monoisotopic (exact) mass is 362 g/mol. The van der Waals surface area contributed by atoms with E-state index >= 15 is 0 Å². The third-order valence-electron chi connectivity index (χ3n) is 4.99. The van der Waals surface area contributed by atoms with Gasteiger partial charge in [0, 0.05) is 24.1 Å². The number of anilines is 1. The molecule has 0 bridgehead atoms. The Morgan fingerprint density at radius 2 is 2.15 bits per heavy atom. The van der Waals surface area contributed by atoms with Crippen molar-refractivity contribution in [1.29, 1.82) is 0 Å². The summed E-state index contributed by atoms with van der Waals surface area (Å²) >= 11 is 0. The van der Waals surface area contributed by atoms with Crippen molar-refractivity contribution in [3.63, 3.8) is 0 Å². The summed E-state index contributed by atoms with van der Waals surface area (Å²) < 4.78 is 5.57. The Hall–Kier alpha value is -2.99. The minimum absolute atomic E-state index is 0.0876. The van der Waals surface area contributed by atoms with Crippen molar-refractivity contribution in [3.8, 4) is 11.1 Å². The molecule has 4 rings (SSSR count). The predicted molar refractivity (Wildman–Crippen MR) is 105 cm³/mol. The van der Waals surface area contributed by atoms with E-state index in [2.05, 4.69) is 15.3 Å². The van der Waals surface area contributed by atoms with Crippen molar-refractivity contribution in [2.45, 2.75) is 25.9 Å². The molecule has 1 aliphatic heterocycles. The van der Waals surface area contributed by atoms with Gasteiger partial charge in [0.1, 0.15) is 12.1 Å². The van der Waals surface area contributed by atoms with Gasteiger partial charge in [-0.05, 0) is 60.7 Å². The standard InChI is InChI=1S/C21H22N4O2/c1-13-4-5-15(21(26)23-11-16-3-2-8-27-16)10-17(13)14-6-7-19-18(9-14)20(22)25-12-24-19/h4-7,9-10,12,16H,2-3,8,11H2,1H3,(H,23,26)(H2,22,24,25)/t16-/m0/s1. The van der Waals surface area contributed by atoms with E-state index in [-0.39, 0.29) is 12.0 Å². The van der Waals surface area contributed by atoms with Crippen LogP contribution in [0.3, 0.4) is 0 Å². The second-order valence-electron chi connectivity index (χ2n) is 6.87. The third kappa shape index (κ3) is 3.61. The van der Waals surface area contributed by atoms with Crippen LogP contribution in [-0.4, -0.2) is 35.1 Å². The highest BCUT2D eigenvalue weighted by atomic mass is 16.5. The first-order chi connectivity index (χ1) is 13.1.